The zero-order chi connectivity index (χ0) is 19.2. The van der Waals surface area contributed by atoms with E-state index >= 15 is 0 Å². The minimum atomic E-state index is -0.412. The number of anilines is 2. The number of nitrogens with zero attached hydrogens (tertiary/aromatic N) is 2. The van der Waals surface area contributed by atoms with Gasteiger partial charge in [-0.15, -0.1) is 0 Å². The fourth-order valence-electron chi connectivity index (χ4n) is 2.84. The van der Waals surface area contributed by atoms with E-state index in [1.807, 2.05) is 53.1 Å². The van der Waals surface area contributed by atoms with Crippen LogP contribution in [0.5, 0.6) is 11.5 Å². The van der Waals surface area contributed by atoms with Crippen LogP contribution in [0.15, 0.2) is 59.5 Å². The lowest BCUT2D eigenvalue weighted by Gasteiger charge is -2.17. The Morgan fingerprint density at radius 1 is 1.07 bits per heavy atom. The second-order valence-electron chi connectivity index (χ2n) is 6.05. The standard InChI is InChI=1S/C21H23N3O3/c1-4-16-10-11-17(26-2)12-18(16)22-21-23-20(25)19(27-3)14-24(21)13-15-8-6-5-7-9-15/h5-12,14H,4,13H2,1-3H3,(H,22,23,25). The zero-order valence-electron chi connectivity index (χ0n) is 15.7. The van der Waals surface area contributed by atoms with Crippen LogP contribution in [0.1, 0.15) is 18.1 Å². The fourth-order valence-corrected chi connectivity index (χ4v) is 2.84. The maximum atomic E-state index is 12.2. The Kier molecular flexibility index (Phi) is 5.76. The molecular formula is C21H23N3O3. The molecule has 0 radical (unpaired) electrons. The van der Waals surface area contributed by atoms with Crippen LogP contribution in [0, 0.1) is 0 Å². The Bertz CT molecular complexity index is 968. The molecule has 0 unspecified atom stereocenters. The molecular weight excluding hydrogens is 342 g/mol. The molecule has 27 heavy (non-hydrogen) atoms. The average Bonchev–Trinajstić information content (AvgIpc) is 2.70. The lowest BCUT2D eigenvalue weighted by molar-refractivity contribution is 0.402. The highest BCUT2D eigenvalue weighted by atomic mass is 16.5. The monoisotopic (exact) mass is 365 g/mol. The average molecular weight is 365 g/mol. The van der Waals surface area contributed by atoms with Crippen molar-refractivity contribution in [2.45, 2.75) is 19.9 Å². The molecule has 0 amide bonds. The van der Waals surface area contributed by atoms with Crippen LogP contribution in [0.3, 0.4) is 0 Å². The molecule has 0 spiro atoms. The number of nitrogens with one attached hydrogen (secondary N) is 1. The molecule has 0 aliphatic carbocycles. The smallest absolute Gasteiger partial charge is 0.316 e. The predicted molar refractivity (Wildman–Crippen MR) is 106 cm³/mol. The molecule has 0 bridgehead atoms. The minimum absolute atomic E-state index is 0.206. The van der Waals surface area contributed by atoms with Crippen LogP contribution < -0.4 is 20.3 Å². The first kappa shape index (κ1) is 18.5. The summed E-state index contributed by atoms with van der Waals surface area (Å²) in [5, 5.41) is 3.30. The topological polar surface area (TPSA) is 65.4 Å². The Hall–Kier alpha value is -3.28. The Balaban J connectivity index is 2.04. The molecule has 0 aliphatic rings. The predicted octanol–water partition coefficient (Wildman–Crippen LogP) is 3.61. The van der Waals surface area contributed by atoms with Gasteiger partial charge in [-0.25, -0.2) is 0 Å². The Labute approximate surface area is 158 Å². The van der Waals surface area contributed by atoms with E-state index in [0.717, 1.165) is 29.0 Å². The van der Waals surface area contributed by atoms with Crippen molar-refractivity contribution in [3.05, 3.63) is 76.2 Å². The van der Waals surface area contributed by atoms with Crippen molar-refractivity contribution in [2.75, 3.05) is 19.5 Å². The van der Waals surface area contributed by atoms with Crippen molar-refractivity contribution in [1.82, 2.24) is 9.55 Å². The molecule has 140 valence electrons. The molecule has 0 saturated heterocycles. The highest BCUT2D eigenvalue weighted by molar-refractivity contribution is 5.61. The molecule has 0 aliphatic heterocycles. The van der Waals surface area contributed by atoms with Crippen molar-refractivity contribution in [2.24, 2.45) is 0 Å². The number of aryl methyl sites for hydroxylation is 1. The molecule has 0 saturated carbocycles. The Morgan fingerprint density at radius 3 is 2.52 bits per heavy atom. The quantitative estimate of drug-likeness (QED) is 0.693. The molecule has 0 fully saturated rings. The summed E-state index contributed by atoms with van der Waals surface area (Å²) in [6.45, 7) is 2.63. The van der Waals surface area contributed by atoms with Crippen molar-refractivity contribution >= 4 is 11.6 Å². The van der Waals surface area contributed by atoms with E-state index in [0.29, 0.717) is 12.5 Å². The highest BCUT2D eigenvalue weighted by Crippen LogP contribution is 2.26. The maximum absolute atomic E-state index is 12.2. The van der Waals surface area contributed by atoms with Gasteiger partial charge in [0.1, 0.15) is 5.75 Å². The van der Waals surface area contributed by atoms with Gasteiger partial charge in [-0.05, 0) is 23.6 Å². The van der Waals surface area contributed by atoms with Gasteiger partial charge in [-0.3, -0.25) is 4.79 Å². The summed E-state index contributed by atoms with van der Waals surface area (Å²) in [6.07, 6.45) is 2.52. The van der Waals surface area contributed by atoms with Gasteiger partial charge < -0.3 is 19.4 Å². The molecule has 6 heteroatoms. The fraction of sp³-hybridized carbons (Fsp3) is 0.238. The number of aromatic nitrogens is 2. The number of methoxy groups -OCH3 is 2. The van der Waals surface area contributed by atoms with Crippen LogP contribution in [0.25, 0.3) is 0 Å². The SMILES string of the molecule is CCc1ccc(OC)cc1Nc1nc(=O)c(OC)cn1Cc1ccccc1. The van der Waals surface area contributed by atoms with Crippen LogP contribution in [0.4, 0.5) is 11.6 Å². The second-order valence-corrected chi connectivity index (χ2v) is 6.05. The van der Waals surface area contributed by atoms with Gasteiger partial charge in [0.05, 0.1) is 27.0 Å². The molecule has 1 heterocycles. The van der Waals surface area contributed by atoms with E-state index < -0.39 is 5.56 Å². The number of benzene rings is 2. The first-order valence-corrected chi connectivity index (χ1v) is 8.78. The molecule has 3 rings (SSSR count). The lowest BCUT2D eigenvalue weighted by Crippen LogP contribution is -2.19. The van der Waals surface area contributed by atoms with Crippen molar-refractivity contribution < 1.29 is 9.47 Å². The third kappa shape index (κ3) is 4.28. The molecule has 6 nitrogen and oxygen atoms in total. The number of rotatable bonds is 7. The summed E-state index contributed by atoms with van der Waals surface area (Å²) in [6, 6.07) is 15.8. The van der Waals surface area contributed by atoms with Gasteiger partial charge in [0, 0.05) is 11.8 Å². The van der Waals surface area contributed by atoms with Gasteiger partial charge in [0.15, 0.2) is 0 Å². The molecule has 1 aromatic heterocycles. The van der Waals surface area contributed by atoms with Gasteiger partial charge in [0.2, 0.25) is 11.7 Å². The minimum Gasteiger partial charge on any atom is -0.497 e. The van der Waals surface area contributed by atoms with Gasteiger partial charge in [-0.2, -0.15) is 4.98 Å². The van der Waals surface area contributed by atoms with E-state index in [1.165, 1.54) is 7.11 Å². The summed E-state index contributed by atoms with van der Waals surface area (Å²) >= 11 is 0. The summed E-state index contributed by atoms with van der Waals surface area (Å²) < 4.78 is 12.4. The summed E-state index contributed by atoms with van der Waals surface area (Å²) in [5.74, 6) is 1.39. The second kappa shape index (κ2) is 8.40. The van der Waals surface area contributed by atoms with Gasteiger partial charge >= 0.3 is 5.56 Å². The van der Waals surface area contributed by atoms with E-state index in [2.05, 4.69) is 17.2 Å². The lowest BCUT2D eigenvalue weighted by atomic mass is 10.1. The van der Waals surface area contributed by atoms with Gasteiger partial charge in [0.25, 0.3) is 0 Å². The third-order valence-electron chi connectivity index (χ3n) is 4.32. The summed E-state index contributed by atoms with van der Waals surface area (Å²) in [4.78, 5) is 16.4. The molecule has 0 atom stereocenters. The summed E-state index contributed by atoms with van der Waals surface area (Å²) in [7, 11) is 3.09. The molecule has 3 aromatic rings. The normalized spacial score (nSPS) is 10.5. The number of hydrogen-bond acceptors (Lipinski definition) is 5. The van der Waals surface area contributed by atoms with Gasteiger partial charge in [-0.1, -0.05) is 43.3 Å². The van der Waals surface area contributed by atoms with Crippen LogP contribution in [0.2, 0.25) is 0 Å². The van der Waals surface area contributed by atoms with Crippen molar-refractivity contribution in [3.63, 3.8) is 0 Å². The largest absolute Gasteiger partial charge is 0.497 e. The Morgan fingerprint density at radius 2 is 1.85 bits per heavy atom. The first-order valence-electron chi connectivity index (χ1n) is 8.78. The van der Waals surface area contributed by atoms with E-state index in [9.17, 15) is 4.79 Å². The molecule has 1 N–H and O–H groups in total. The van der Waals surface area contributed by atoms with E-state index in [1.54, 1.807) is 13.3 Å². The first-order chi connectivity index (χ1) is 13.1. The van der Waals surface area contributed by atoms with Crippen LogP contribution in [-0.4, -0.2) is 23.8 Å². The van der Waals surface area contributed by atoms with Crippen LogP contribution in [-0.2, 0) is 13.0 Å². The van der Waals surface area contributed by atoms with Crippen LogP contribution >= 0.6 is 0 Å². The highest BCUT2D eigenvalue weighted by Gasteiger charge is 2.12. The van der Waals surface area contributed by atoms with E-state index in [-0.39, 0.29) is 5.75 Å². The summed E-state index contributed by atoms with van der Waals surface area (Å²) in [5.41, 5.74) is 2.64. The third-order valence-corrected chi connectivity index (χ3v) is 4.32. The maximum Gasteiger partial charge on any atom is 0.316 e. The number of hydrogen-bond donors (Lipinski definition) is 1. The van der Waals surface area contributed by atoms with Crippen molar-refractivity contribution in [3.8, 4) is 11.5 Å². The zero-order valence-corrected chi connectivity index (χ0v) is 15.7. The van der Waals surface area contributed by atoms with Crippen molar-refractivity contribution in [1.29, 1.82) is 0 Å². The van der Waals surface area contributed by atoms with E-state index in [4.69, 9.17) is 9.47 Å². The molecule has 2 aromatic carbocycles. The number of ether oxygens (including phenoxy) is 2.